The monoisotopic (exact) mass is 330 g/mol. The average Bonchev–Trinajstić information content (AvgIpc) is 2.94. The van der Waals surface area contributed by atoms with E-state index in [4.69, 9.17) is 16.9 Å². The number of halogens is 4. The minimum Gasteiger partial charge on any atom is -0.404 e. The maximum absolute atomic E-state index is 12.3. The smallest absolute Gasteiger partial charge is 0.404 e. The number of benzene rings is 1. The van der Waals surface area contributed by atoms with Gasteiger partial charge in [0, 0.05) is 6.20 Å². The summed E-state index contributed by atoms with van der Waals surface area (Å²) in [4.78, 5) is 0. The topological polar surface area (TPSA) is 99.5 Å². The van der Waals surface area contributed by atoms with Crippen LogP contribution in [0.4, 0.5) is 18.9 Å². The molecule has 114 valence electrons. The van der Waals surface area contributed by atoms with Crippen LogP contribution in [0.3, 0.4) is 0 Å². The van der Waals surface area contributed by atoms with Gasteiger partial charge < -0.3 is 10.1 Å². The van der Waals surface area contributed by atoms with Crippen LogP contribution in [0.15, 0.2) is 24.4 Å². The first-order valence-electron chi connectivity index (χ1n) is 5.55. The summed E-state index contributed by atoms with van der Waals surface area (Å²) in [5.41, 5.74) is -0.218. The molecule has 0 aliphatic rings. The fraction of sp³-hybridized carbons (Fsp3) is 0.0909. The number of allylic oxidation sites excluding steroid dienone is 1. The van der Waals surface area contributed by atoms with Gasteiger partial charge in [0.1, 0.15) is 17.3 Å². The average molecular weight is 331 g/mol. The maximum Gasteiger partial charge on any atom is 0.573 e. The first-order valence-corrected chi connectivity index (χ1v) is 5.93. The molecule has 7 nitrogen and oxygen atoms in total. The minimum absolute atomic E-state index is 0.0246. The van der Waals surface area contributed by atoms with Gasteiger partial charge in [-0.25, -0.2) is 0 Å². The molecule has 0 unspecified atom stereocenters. The number of hydrogen-bond acceptors (Lipinski definition) is 6. The number of aromatic nitrogens is 4. The van der Waals surface area contributed by atoms with Gasteiger partial charge in [-0.1, -0.05) is 17.7 Å². The van der Waals surface area contributed by atoms with Crippen molar-refractivity contribution in [3.05, 3.63) is 35.2 Å². The van der Waals surface area contributed by atoms with Crippen molar-refractivity contribution in [1.82, 2.24) is 20.6 Å². The number of nitrogens with one attached hydrogen (secondary N) is 2. The number of nitrogens with zero attached hydrogens (tertiary/aromatic N) is 4. The highest BCUT2D eigenvalue weighted by Gasteiger charge is 2.32. The molecule has 11 heteroatoms. The van der Waals surface area contributed by atoms with Gasteiger partial charge in [0.05, 0.1) is 5.02 Å². The van der Waals surface area contributed by atoms with Gasteiger partial charge in [0.2, 0.25) is 5.82 Å². The third kappa shape index (κ3) is 3.86. The van der Waals surface area contributed by atoms with Crippen LogP contribution >= 0.6 is 11.6 Å². The van der Waals surface area contributed by atoms with E-state index >= 15 is 0 Å². The van der Waals surface area contributed by atoms with Crippen molar-refractivity contribution in [2.75, 3.05) is 5.32 Å². The molecule has 0 aliphatic heterocycles. The molecular formula is C11H6ClF3N6O. The SMILES string of the molecule is N#CC(=CNc1c(Cl)cccc1OC(F)(F)F)c1nn[nH]n1. The quantitative estimate of drug-likeness (QED) is 0.836. The van der Waals surface area contributed by atoms with Gasteiger partial charge in [-0.15, -0.1) is 23.4 Å². The van der Waals surface area contributed by atoms with Crippen LogP contribution in [0.25, 0.3) is 5.57 Å². The van der Waals surface area contributed by atoms with Crippen LogP contribution in [0, 0.1) is 11.3 Å². The highest BCUT2D eigenvalue weighted by Crippen LogP contribution is 2.35. The van der Waals surface area contributed by atoms with Crippen molar-refractivity contribution in [3.63, 3.8) is 0 Å². The van der Waals surface area contributed by atoms with Crippen LogP contribution in [0.2, 0.25) is 5.02 Å². The van der Waals surface area contributed by atoms with Gasteiger partial charge in [0.15, 0.2) is 5.75 Å². The number of aromatic amines is 1. The normalized spacial score (nSPS) is 11.9. The fourth-order valence-electron chi connectivity index (χ4n) is 1.42. The van der Waals surface area contributed by atoms with E-state index in [1.54, 1.807) is 6.07 Å². The number of nitriles is 1. The number of rotatable bonds is 4. The molecule has 0 saturated carbocycles. The summed E-state index contributed by atoms with van der Waals surface area (Å²) in [6, 6.07) is 5.51. The zero-order chi connectivity index (χ0) is 16.2. The molecule has 0 aliphatic carbocycles. The summed E-state index contributed by atoms with van der Waals surface area (Å²) in [6.45, 7) is 0. The molecule has 0 radical (unpaired) electrons. The van der Waals surface area contributed by atoms with Crippen molar-refractivity contribution >= 4 is 22.9 Å². The van der Waals surface area contributed by atoms with E-state index in [2.05, 4.69) is 30.7 Å². The molecule has 0 saturated heterocycles. The van der Waals surface area contributed by atoms with E-state index < -0.39 is 12.1 Å². The van der Waals surface area contributed by atoms with Crippen molar-refractivity contribution in [2.24, 2.45) is 0 Å². The van der Waals surface area contributed by atoms with E-state index in [9.17, 15) is 13.2 Å². The molecule has 0 atom stereocenters. The highest BCUT2D eigenvalue weighted by molar-refractivity contribution is 6.33. The summed E-state index contributed by atoms with van der Waals surface area (Å²) >= 11 is 5.84. The Labute approximate surface area is 126 Å². The Bertz CT molecular complexity index is 722. The van der Waals surface area contributed by atoms with E-state index in [-0.39, 0.29) is 22.1 Å². The molecular weight excluding hydrogens is 325 g/mol. The zero-order valence-electron chi connectivity index (χ0n) is 10.5. The number of alkyl halides is 3. The van der Waals surface area contributed by atoms with E-state index in [1.807, 2.05) is 0 Å². The Morgan fingerprint density at radius 3 is 2.82 bits per heavy atom. The standard InChI is InChI=1S/C11H6ClF3N6O/c12-7-2-1-3-8(22-11(13,14)15)9(7)17-5-6(4-16)10-18-20-21-19-10/h1-3,5,17H,(H,18,19,20,21). The number of hydrogen-bond donors (Lipinski definition) is 2. The van der Waals surface area contributed by atoms with Gasteiger partial charge in [-0.3, -0.25) is 0 Å². The predicted molar refractivity (Wildman–Crippen MR) is 69.5 cm³/mol. The summed E-state index contributed by atoms with van der Waals surface area (Å²) in [5, 5.41) is 24.0. The molecule has 0 amide bonds. The van der Waals surface area contributed by atoms with Crippen LogP contribution < -0.4 is 10.1 Å². The van der Waals surface area contributed by atoms with Crippen LogP contribution in [-0.4, -0.2) is 27.0 Å². The number of tetrazole rings is 1. The molecule has 1 heterocycles. The fourth-order valence-corrected chi connectivity index (χ4v) is 1.64. The lowest BCUT2D eigenvalue weighted by Gasteiger charge is -2.14. The first kappa shape index (κ1) is 15.6. The van der Waals surface area contributed by atoms with E-state index in [0.29, 0.717) is 0 Å². The second kappa shape index (κ2) is 6.31. The number of anilines is 1. The summed E-state index contributed by atoms with van der Waals surface area (Å²) in [6.07, 6.45) is -3.79. The Kier molecular flexibility index (Phi) is 4.47. The van der Waals surface area contributed by atoms with Gasteiger partial charge in [0.25, 0.3) is 0 Å². The minimum atomic E-state index is -4.88. The number of H-pyrrole nitrogens is 1. The Balaban J connectivity index is 2.31. The van der Waals surface area contributed by atoms with Crippen molar-refractivity contribution in [2.45, 2.75) is 6.36 Å². The molecule has 2 rings (SSSR count). The lowest BCUT2D eigenvalue weighted by Crippen LogP contribution is -2.18. The molecule has 1 aromatic carbocycles. The summed E-state index contributed by atoms with van der Waals surface area (Å²) < 4.78 is 40.9. The number of para-hydroxylation sites is 1. The summed E-state index contributed by atoms with van der Waals surface area (Å²) in [7, 11) is 0. The third-order valence-corrected chi connectivity index (χ3v) is 2.58. The molecule has 2 N–H and O–H groups in total. The largest absolute Gasteiger partial charge is 0.573 e. The Morgan fingerprint density at radius 1 is 1.45 bits per heavy atom. The van der Waals surface area contributed by atoms with Crippen LogP contribution in [0.5, 0.6) is 5.75 Å². The lowest BCUT2D eigenvalue weighted by atomic mass is 10.2. The number of ether oxygens (including phenoxy) is 1. The molecule has 0 spiro atoms. The van der Waals surface area contributed by atoms with Crippen molar-refractivity contribution in [3.8, 4) is 11.8 Å². The van der Waals surface area contributed by atoms with Crippen LogP contribution in [-0.2, 0) is 0 Å². The molecule has 22 heavy (non-hydrogen) atoms. The Morgan fingerprint density at radius 2 is 2.23 bits per heavy atom. The second-order valence-corrected chi connectivity index (χ2v) is 4.12. The van der Waals surface area contributed by atoms with Gasteiger partial charge >= 0.3 is 6.36 Å². The van der Waals surface area contributed by atoms with Crippen LogP contribution in [0.1, 0.15) is 5.82 Å². The lowest BCUT2D eigenvalue weighted by molar-refractivity contribution is -0.274. The summed E-state index contributed by atoms with van der Waals surface area (Å²) in [5.74, 6) is -0.568. The molecule has 2 aromatic rings. The Hall–Kier alpha value is -2.80. The maximum atomic E-state index is 12.3. The van der Waals surface area contributed by atoms with Gasteiger partial charge in [-0.2, -0.15) is 10.5 Å². The van der Waals surface area contributed by atoms with E-state index in [1.165, 1.54) is 12.1 Å². The second-order valence-electron chi connectivity index (χ2n) is 3.71. The van der Waals surface area contributed by atoms with Gasteiger partial charge in [-0.05, 0) is 17.3 Å². The molecule has 0 bridgehead atoms. The predicted octanol–water partition coefficient (Wildman–Crippen LogP) is 2.73. The highest BCUT2D eigenvalue weighted by atomic mass is 35.5. The molecule has 1 aromatic heterocycles. The zero-order valence-corrected chi connectivity index (χ0v) is 11.3. The van der Waals surface area contributed by atoms with Crippen molar-refractivity contribution in [1.29, 1.82) is 5.26 Å². The van der Waals surface area contributed by atoms with E-state index in [0.717, 1.165) is 12.3 Å². The first-order chi connectivity index (χ1) is 10.4. The third-order valence-electron chi connectivity index (χ3n) is 2.27. The van der Waals surface area contributed by atoms with Crippen molar-refractivity contribution < 1.29 is 17.9 Å². The molecule has 0 fully saturated rings.